The number of amides is 1. The van der Waals surface area contributed by atoms with Crippen LogP contribution in [0.5, 0.6) is 0 Å². The maximum Gasteiger partial charge on any atom is 0.270 e. The van der Waals surface area contributed by atoms with Crippen LogP contribution in [0, 0.1) is 24.0 Å². The molecule has 0 saturated heterocycles. The van der Waals surface area contributed by atoms with Gasteiger partial charge in [-0.25, -0.2) is 0 Å². The van der Waals surface area contributed by atoms with E-state index in [4.69, 9.17) is 11.6 Å². The Hall–Kier alpha value is -2.40. The molecule has 1 amide bonds. The monoisotopic (exact) mass is 344 g/mol. The summed E-state index contributed by atoms with van der Waals surface area (Å²) in [6.45, 7) is 4.67. The molecule has 0 saturated carbocycles. The van der Waals surface area contributed by atoms with Crippen molar-refractivity contribution in [2.75, 3.05) is 11.4 Å². The second kappa shape index (κ2) is 6.24. The number of halogens is 1. The molecule has 2 aromatic carbocycles. The van der Waals surface area contributed by atoms with Gasteiger partial charge in [0.05, 0.1) is 15.5 Å². The summed E-state index contributed by atoms with van der Waals surface area (Å²) < 4.78 is 0. The maximum atomic E-state index is 13.0. The summed E-state index contributed by atoms with van der Waals surface area (Å²) in [6, 6.07) is 8.09. The lowest BCUT2D eigenvalue weighted by Crippen LogP contribution is -2.36. The van der Waals surface area contributed by atoms with Crippen molar-refractivity contribution in [3.8, 4) is 0 Å². The average molecular weight is 345 g/mol. The Morgan fingerprint density at radius 2 is 2.00 bits per heavy atom. The number of benzene rings is 2. The number of fused-ring (bicyclic) bond motifs is 1. The van der Waals surface area contributed by atoms with Gasteiger partial charge < -0.3 is 4.90 Å². The second-order valence-electron chi connectivity index (χ2n) is 6.06. The average Bonchev–Trinajstić information content (AvgIpc) is 2.53. The van der Waals surface area contributed by atoms with Gasteiger partial charge in [0.1, 0.15) is 0 Å². The predicted molar refractivity (Wildman–Crippen MR) is 94.0 cm³/mol. The van der Waals surface area contributed by atoms with Crippen LogP contribution in [0.4, 0.5) is 11.4 Å². The Morgan fingerprint density at radius 1 is 1.25 bits per heavy atom. The maximum absolute atomic E-state index is 13.0. The summed E-state index contributed by atoms with van der Waals surface area (Å²) in [6.07, 6.45) is 1.83. The topological polar surface area (TPSA) is 63.5 Å². The van der Waals surface area contributed by atoms with Crippen molar-refractivity contribution in [1.29, 1.82) is 0 Å². The smallest absolute Gasteiger partial charge is 0.270 e. The van der Waals surface area contributed by atoms with E-state index in [0.29, 0.717) is 6.54 Å². The van der Waals surface area contributed by atoms with Crippen LogP contribution in [0.3, 0.4) is 0 Å². The number of rotatable bonds is 2. The fraction of sp³-hybridized carbons (Fsp3) is 0.278. The molecule has 24 heavy (non-hydrogen) atoms. The van der Waals surface area contributed by atoms with Crippen LogP contribution in [-0.4, -0.2) is 17.4 Å². The lowest BCUT2D eigenvalue weighted by molar-refractivity contribution is -0.384. The van der Waals surface area contributed by atoms with Crippen LogP contribution in [0.25, 0.3) is 0 Å². The van der Waals surface area contributed by atoms with Crippen LogP contribution < -0.4 is 4.90 Å². The van der Waals surface area contributed by atoms with Gasteiger partial charge in [0.2, 0.25) is 0 Å². The van der Waals surface area contributed by atoms with Crippen LogP contribution in [-0.2, 0) is 6.42 Å². The number of anilines is 1. The zero-order chi connectivity index (χ0) is 17.4. The van der Waals surface area contributed by atoms with Crippen molar-refractivity contribution in [3.63, 3.8) is 0 Å². The van der Waals surface area contributed by atoms with Crippen molar-refractivity contribution in [1.82, 2.24) is 0 Å². The quantitative estimate of drug-likeness (QED) is 0.597. The zero-order valence-corrected chi connectivity index (χ0v) is 14.3. The van der Waals surface area contributed by atoms with Crippen LogP contribution in [0.15, 0.2) is 30.3 Å². The molecule has 0 spiro atoms. The standard InChI is InChI=1S/C18H17ClN2O3/c1-11-8-12(2)14-4-3-7-20(17(14)9-11)18(22)15-6-5-13(21(23)24)10-16(15)19/h5-6,8-10H,3-4,7H2,1-2H3. The summed E-state index contributed by atoms with van der Waals surface area (Å²) in [5.41, 5.74) is 4.53. The lowest BCUT2D eigenvalue weighted by atomic mass is 9.94. The van der Waals surface area contributed by atoms with Gasteiger partial charge in [0, 0.05) is 24.4 Å². The minimum absolute atomic E-state index is 0.102. The first-order valence-corrected chi connectivity index (χ1v) is 8.12. The van der Waals surface area contributed by atoms with Gasteiger partial charge in [-0.05, 0) is 55.5 Å². The largest absolute Gasteiger partial charge is 0.308 e. The molecular formula is C18H17ClN2O3. The Balaban J connectivity index is 2.02. The molecule has 5 nitrogen and oxygen atoms in total. The number of hydrogen-bond acceptors (Lipinski definition) is 3. The van der Waals surface area contributed by atoms with Crippen molar-refractivity contribution in [2.45, 2.75) is 26.7 Å². The first kappa shape index (κ1) is 16.5. The summed E-state index contributed by atoms with van der Waals surface area (Å²) >= 11 is 6.13. The fourth-order valence-electron chi connectivity index (χ4n) is 3.22. The predicted octanol–water partition coefficient (Wildman–Crippen LogP) is 4.46. The SMILES string of the molecule is Cc1cc(C)c2c(c1)N(C(=O)c1ccc([N+](=O)[O-])cc1Cl)CCC2. The normalized spacial score (nSPS) is 13.5. The molecule has 3 rings (SSSR count). The Kier molecular flexibility index (Phi) is 4.28. The van der Waals surface area contributed by atoms with Gasteiger partial charge >= 0.3 is 0 Å². The van der Waals surface area contributed by atoms with Gasteiger partial charge in [-0.1, -0.05) is 17.7 Å². The van der Waals surface area contributed by atoms with E-state index in [2.05, 4.69) is 13.0 Å². The highest BCUT2D eigenvalue weighted by molar-refractivity contribution is 6.34. The van der Waals surface area contributed by atoms with Crippen molar-refractivity contribution in [2.24, 2.45) is 0 Å². The van der Waals surface area contributed by atoms with Crippen molar-refractivity contribution >= 4 is 28.9 Å². The second-order valence-corrected chi connectivity index (χ2v) is 6.47. The molecule has 0 aliphatic carbocycles. The highest BCUT2D eigenvalue weighted by Crippen LogP contribution is 2.33. The molecule has 0 atom stereocenters. The number of aryl methyl sites for hydroxylation is 2. The van der Waals surface area contributed by atoms with Crippen molar-refractivity contribution < 1.29 is 9.72 Å². The molecule has 6 heteroatoms. The molecule has 1 aliphatic rings. The van der Waals surface area contributed by atoms with Gasteiger partial charge in [0.25, 0.3) is 11.6 Å². The van der Waals surface area contributed by atoms with E-state index in [-0.39, 0.29) is 22.2 Å². The Morgan fingerprint density at radius 3 is 2.67 bits per heavy atom. The Bertz CT molecular complexity index is 848. The van der Waals surface area contributed by atoms with E-state index >= 15 is 0 Å². The van der Waals surface area contributed by atoms with Crippen LogP contribution in [0.2, 0.25) is 5.02 Å². The highest BCUT2D eigenvalue weighted by Gasteiger charge is 2.26. The number of non-ortho nitro benzene ring substituents is 1. The molecule has 2 aromatic rings. The molecule has 0 bridgehead atoms. The molecule has 0 N–H and O–H groups in total. The zero-order valence-electron chi connectivity index (χ0n) is 13.5. The molecule has 0 unspecified atom stereocenters. The summed E-state index contributed by atoms with van der Waals surface area (Å²) in [5, 5.41) is 10.9. The highest BCUT2D eigenvalue weighted by atomic mass is 35.5. The van der Waals surface area contributed by atoms with Gasteiger partial charge in [-0.2, -0.15) is 0 Å². The summed E-state index contributed by atoms with van der Waals surface area (Å²) in [4.78, 5) is 25.0. The number of nitrogens with zero attached hydrogens (tertiary/aromatic N) is 2. The first-order valence-electron chi connectivity index (χ1n) is 7.74. The fourth-order valence-corrected chi connectivity index (χ4v) is 3.48. The first-order chi connectivity index (χ1) is 11.4. The van der Waals surface area contributed by atoms with Crippen LogP contribution in [0.1, 0.15) is 33.5 Å². The molecule has 1 heterocycles. The third-order valence-electron chi connectivity index (χ3n) is 4.33. The molecular weight excluding hydrogens is 328 g/mol. The van der Waals surface area contributed by atoms with E-state index in [1.807, 2.05) is 13.0 Å². The van der Waals surface area contributed by atoms with E-state index in [1.165, 1.54) is 29.3 Å². The van der Waals surface area contributed by atoms with Crippen LogP contribution >= 0.6 is 11.6 Å². The molecule has 0 aromatic heterocycles. The number of hydrogen-bond donors (Lipinski definition) is 0. The molecule has 0 radical (unpaired) electrons. The molecule has 0 fully saturated rings. The van der Waals surface area contributed by atoms with Gasteiger partial charge in [0.15, 0.2) is 0 Å². The van der Waals surface area contributed by atoms with E-state index in [9.17, 15) is 14.9 Å². The minimum atomic E-state index is -0.525. The number of nitro groups is 1. The summed E-state index contributed by atoms with van der Waals surface area (Å²) in [7, 11) is 0. The summed E-state index contributed by atoms with van der Waals surface area (Å²) in [5.74, 6) is -0.221. The van der Waals surface area contributed by atoms with E-state index in [0.717, 1.165) is 24.1 Å². The number of nitro benzene ring substituents is 1. The third-order valence-corrected chi connectivity index (χ3v) is 4.64. The van der Waals surface area contributed by atoms with Gasteiger partial charge in [-0.15, -0.1) is 0 Å². The lowest BCUT2D eigenvalue weighted by Gasteiger charge is -2.31. The van der Waals surface area contributed by atoms with Gasteiger partial charge in [-0.3, -0.25) is 14.9 Å². The van der Waals surface area contributed by atoms with E-state index < -0.39 is 4.92 Å². The number of carbonyl (C=O) groups is 1. The third kappa shape index (κ3) is 2.87. The Labute approximate surface area is 145 Å². The molecule has 124 valence electrons. The minimum Gasteiger partial charge on any atom is -0.308 e. The number of carbonyl (C=O) groups excluding carboxylic acids is 1. The molecule has 1 aliphatic heterocycles. The van der Waals surface area contributed by atoms with Crippen molar-refractivity contribution in [3.05, 3.63) is 67.7 Å². The van der Waals surface area contributed by atoms with E-state index in [1.54, 1.807) is 4.90 Å².